The van der Waals surface area contributed by atoms with E-state index in [1.807, 2.05) is 49.2 Å². The number of carbonyl (C=O) groups excluding carboxylic acids is 1. The molecule has 1 unspecified atom stereocenters. The molecule has 0 bridgehead atoms. The van der Waals surface area contributed by atoms with Gasteiger partial charge in [-0.15, -0.1) is 0 Å². The second kappa shape index (κ2) is 9.31. The van der Waals surface area contributed by atoms with Crippen molar-refractivity contribution in [2.75, 3.05) is 13.1 Å². The number of piperidine rings is 1. The summed E-state index contributed by atoms with van der Waals surface area (Å²) in [6.07, 6.45) is 4.48. The summed E-state index contributed by atoms with van der Waals surface area (Å²) in [5.41, 5.74) is 2.21. The van der Waals surface area contributed by atoms with Gasteiger partial charge in [0.1, 0.15) is 0 Å². The van der Waals surface area contributed by atoms with Gasteiger partial charge in [-0.05, 0) is 31.2 Å². The van der Waals surface area contributed by atoms with E-state index in [1.54, 1.807) is 10.9 Å². The smallest absolute Gasteiger partial charge is 0.253 e. The van der Waals surface area contributed by atoms with Crippen molar-refractivity contribution in [1.29, 1.82) is 0 Å². The number of nitrogens with zero attached hydrogens (tertiary/aromatic N) is 5. The van der Waals surface area contributed by atoms with Crippen molar-refractivity contribution >= 4 is 5.91 Å². The topological polar surface area (TPSA) is 93.2 Å². The summed E-state index contributed by atoms with van der Waals surface area (Å²) >= 11 is 0. The van der Waals surface area contributed by atoms with Crippen molar-refractivity contribution in [1.82, 2.24) is 24.2 Å². The van der Waals surface area contributed by atoms with Gasteiger partial charge in [0.2, 0.25) is 5.91 Å². The Kier molecular flexibility index (Phi) is 6.47. The van der Waals surface area contributed by atoms with Crippen molar-refractivity contribution in [3.8, 4) is 11.3 Å². The van der Waals surface area contributed by atoms with Crippen LogP contribution in [0, 0.1) is 6.92 Å². The minimum atomic E-state index is -1.04. The van der Waals surface area contributed by atoms with E-state index in [2.05, 4.69) is 17.0 Å². The standard InChI is InChI=1S/C25H31N5O3/c1-18(20-7-5-4-6-8-20)13-23(31)29-11-9-25(33,10-12-29)16-30-17-26-22(14-24(30)32)21-15-27-28(3)19(21)2/h4-8,14-15,17-18,33H,9-13,16H2,1-3H3. The van der Waals surface area contributed by atoms with E-state index in [4.69, 9.17) is 0 Å². The Morgan fingerprint density at radius 2 is 1.91 bits per heavy atom. The zero-order chi connectivity index (χ0) is 23.6. The number of benzene rings is 1. The number of aliphatic hydroxyl groups is 1. The lowest BCUT2D eigenvalue weighted by Crippen LogP contribution is -2.49. The van der Waals surface area contributed by atoms with Gasteiger partial charge in [-0.1, -0.05) is 37.3 Å². The fraction of sp³-hybridized carbons (Fsp3) is 0.440. The molecule has 3 aromatic rings. The quantitative estimate of drug-likeness (QED) is 0.624. The lowest BCUT2D eigenvalue weighted by Gasteiger charge is -2.38. The first kappa shape index (κ1) is 22.9. The summed E-state index contributed by atoms with van der Waals surface area (Å²) in [5, 5.41) is 15.3. The summed E-state index contributed by atoms with van der Waals surface area (Å²) in [7, 11) is 1.84. The van der Waals surface area contributed by atoms with Crippen LogP contribution >= 0.6 is 0 Å². The Bertz CT molecular complexity index is 1180. The Labute approximate surface area is 193 Å². The Morgan fingerprint density at radius 3 is 2.52 bits per heavy atom. The number of hydrogen-bond acceptors (Lipinski definition) is 5. The van der Waals surface area contributed by atoms with Crippen LogP contribution in [0.4, 0.5) is 0 Å². The Morgan fingerprint density at radius 1 is 1.21 bits per heavy atom. The molecule has 2 aromatic heterocycles. The van der Waals surface area contributed by atoms with Crippen LogP contribution in [0.5, 0.6) is 0 Å². The van der Waals surface area contributed by atoms with Gasteiger partial charge in [-0.3, -0.25) is 18.8 Å². The lowest BCUT2D eigenvalue weighted by molar-refractivity contribution is -0.136. The van der Waals surface area contributed by atoms with E-state index in [0.717, 1.165) is 16.8 Å². The Balaban J connectivity index is 1.36. The van der Waals surface area contributed by atoms with Gasteiger partial charge in [0.15, 0.2) is 0 Å². The molecule has 1 N–H and O–H groups in total. The van der Waals surface area contributed by atoms with Crippen LogP contribution in [0.2, 0.25) is 0 Å². The third kappa shape index (κ3) is 5.06. The Hall–Kier alpha value is -3.26. The second-order valence-corrected chi connectivity index (χ2v) is 9.13. The molecule has 174 valence electrons. The van der Waals surface area contributed by atoms with Crippen LogP contribution < -0.4 is 5.56 Å². The molecule has 0 spiro atoms. The summed E-state index contributed by atoms with van der Waals surface area (Å²) < 4.78 is 3.19. The van der Waals surface area contributed by atoms with Gasteiger partial charge >= 0.3 is 0 Å². The van der Waals surface area contributed by atoms with Crippen molar-refractivity contribution in [2.24, 2.45) is 7.05 Å². The van der Waals surface area contributed by atoms with E-state index < -0.39 is 5.60 Å². The molecule has 1 atom stereocenters. The molecule has 1 fully saturated rings. The third-order valence-corrected chi connectivity index (χ3v) is 6.75. The summed E-state index contributed by atoms with van der Waals surface area (Å²) in [6, 6.07) is 11.5. The third-order valence-electron chi connectivity index (χ3n) is 6.75. The fourth-order valence-corrected chi connectivity index (χ4v) is 4.38. The van der Waals surface area contributed by atoms with Crippen LogP contribution in [0.3, 0.4) is 0 Å². The largest absolute Gasteiger partial charge is 0.388 e. The number of likely N-dealkylation sites (tertiary alicyclic amines) is 1. The van der Waals surface area contributed by atoms with Gasteiger partial charge < -0.3 is 10.0 Å². The zero-order valence-electron chi connectivity index (χ0n) is 19.4. The minimum absolute atomic E-state index is 0.100. The minimum Gasteiger partial charge on any atom is -0.388 e. The first-order valence-corrected chi connectivity index (χ1v) is 11.4. The molecule has 1 saturated heterocycles. The molecule has 1 aromatic carbocycles. The summed E-state index contributed by atoms with van der Waals surface area (Å²) in [5.74, 6) is 0.245. The monoisotopic (exact) mass is 449 g/mol. The summed E-state index contributed by atoms with van der Waals surface area (Å²) in [6.45, 7) is 5.10. The predicted octanol–water partition coefficient (Wildman–Crippen LogP) is 2.50. The number of hydrogen-bond donors (Lipinski definition) is 1. The van der Waals surface area contributed by atoms with E-state index in [9.17, 15) is 14.7 Å². The molecule has 0 saturated carbocycles. The average Bonchev–Trinajstić information content (AvgIpc) is 3.14. The first-order valence-electron chi connectivity index (χ1n) is 11.4. The maximum absolute atomic E-state index is 12.8. The van der Waals surface area contributed by atoms with Crippen molar-refractivity contribution in [3.05, 3.63) is 70.5 Å². The maximum Gasteiger partial charge on any atom is 0.253 e. The zero-order valence-corrected chi connectivity index (χ0v) is 19.4. The molecule has 33 heavy (non-hydrogen) atoms. The van der Waals surface area contributed by atoms with Crippen molar-refractivity contribution in [2.45, 2.75) is 51.2 Å². The molecule has 8 heteroatoms. The van der Waals surface area contributed by atoms with Crippen LogP contribution in [0.25, 0.3) is 11.3 Å². The predicted molar refractivity (Wildman–Crippen MR) is 126 cm³/mol. The molecule has 4 rings (SSSR count). The highest BCUT2D eigenvalue weighted by Gasteiger charge is 2.35. The number of rotatable bonds is 6. The van der Waals surface area contributed by atoms with E-state index in [1.165, 1.54) is 17.0 Å². The fourth-order valence-electron chi connectivity index (χ4n) is 4.38. The maximum atomic E-state index is 12.8. The van der Waals surface area contributed by atoms with Crippen LogP contribution in [-0.2, 0) is 18.4 Å². The van der Waals surface area contributed by atoms with Crippen LogP contribution in [-0.4, -0.2) is 53.9 Å². The first-order chi connectivity index (χ1) is 15.8. The molecule has 0 radical (unpaired) electrons. The van der Waals surface area contributed by atoms with Gasteiger partial charge in [0.25, 0.3) is 5.56 Å². The van der Waals surface area contributed by atoms with Crippen molar-refractivity contribution in [3.63, 3.8) is 0 Å². The highest BCUT2D eigenvalue weighted by molar-refractivity contribution is 5.77. The average molecular weight is 450 g/mol. The van der Waals surface area contributed by atoms with Crippen molar-refractivity contribution < 1.29 is 9.90 Å². The SMILES string of the molecule is Cc1c(-c2cc(=O)n(CC3(O)CCN(C(=O)CC(C)c4ccccc4)CC3)cn2)cnn1C. The van der Waals surface area contributed by atoms with E-state index in [0.29, 0.717) is 38.0 Å². The van der Waals surface area contributed by atoms with Crippen LogP contribution in [0.1, 0.15) is 43.4 Å². The number of aryl methyl sites for hydroxylation is 1. The highest BCUT2D eigenvalue weighted by Crippen LogP contribution is 2.26. The number of carbonyl (C=O) groups is 1. The van der Waals surface area contributed by atoms with E-state index in [-0.39, 0.29) is 23.9 Å². The van der Waals surface area contributed by atoms with Crippen LogP contribution in [0.15, 0.2) is 53.7 Å². The van der Waals surface area contributed by atoms with Gasteiger partial charge in [-0.2, -0.15) is 5.10 Å². The molecule has 0 aliphatic carbocycles. The lowest BCUT2D eigenvalue weighted by atomic mass is 9.90. The van der Waals surface area contributed by atoms with Gasteiger partial charge in [0.05, 0.1) is 30.4 Å². The second-order valence-electron chi connectivity index (χ2n) is 9.13. The van der Waals surface area contributed by atoms with Gasteiger partial charge in [-0.25, -0.2) is 4.98 Å². The normalized spacial score (nSPS) is 16.5. The molecule has 8 nitrogen and oxygen atoms in total. The molecule has 3 heterocycles. The number of aromatic nitrogens is 4. The molecule has 1 aliphatic rings. The van der Waals surface area contributed by atoms with Gasteiger partial charge in [0, 0.05) is 43.9 Å². The highest BCUT2D eigenvalue weighted by atomic mass is 16.3. The molecule has 1 amide bonds. The molecular formula is C25H31N5O3. The molecular weight excluding hydrogens is 418 g/mol. The number of amides is 1. The summed E-state index contributed by atoms with van der Waals surface area (Å²) in [4.78, 5) is 31.7. The molecule has 1 aliphatic heterocycles. The van der Waals surface area contributed by atoms with E-state index >= 15 is 0 Å².